The van der Waals surface area contributed by atoms with Crippen molar-refractivity contribution in [3.05, 3.63) is 65.7 Å². The highest BCUT2D eigenvalue weighted by atomic mass is 19.2. The van der Waals surface area contributed by atoms with Gasteiger partial charge in [-0.05, 0) is 42.8 Å². The molecule has 2 rings (SSSR count). The Morgan fingerprint density at radius 1 is 1.00 bits per heavy atom. The molecule has 11 heteroatoms. The number of esters is 1. The Hall–Kier alpha value is -4.28. The summed E-state index contributed by atoms with van der Waals surface area (Å²) >= 11 is 0. The van der Waals surface area contributed by atoms with Gasteiger partial charge in [-0.15, -0.1) is 0 Å². The standard InChI is InChI=1S/C23H23F2N3O6/c1-14(27-20(29)10-5-15-3-7-17(33-2)8-4-15)23(32)34-13-22(31)26-12-21(30)28-16-6-9-18(24)19(25)11-16/h3-11,14H,12-13H2,1-2H3,(H,26,31)(H,27,29)(H,28,30)/b10-5+/t14-/m0/s1. The molecule has 0 unspecified atom stereocenters. The van der Waals surface area contributed by atoms with Crippen molar-refractivity contribution in [2.75, 3.05) is 25.6 Å². The van der Waals surface area contributed by atoms with Gasteiger partial charge < -0.3 is 25.4 Å². The molecule has 0 heterocycles. The molecule has 3 amide bonds. The predicted molar refractivity (Wildman–Crippen MR) is 119 cm³/mol. The molecule has 0 aliphatic carbocycles. The van der Waals surface area contributed by atoms with Gasteiger partial charge in [-0.3, -0.25) is 14.4 Å². The second kappa shape index (κ2) is 12.7. The van der Waals surface area contributed by atoms with Gasteiger partial charge in [0.05, 0.1) is 13.7 Å². The van der Waals surface area contributed by atoms with Crippen LogP contribution in [0, 0.1) is 11.6 Å². The summed E-state index contributed by atoms with van der Waals surface area (Å²) in [5.74, 6) is -4.39. The molecule has 0 aromatic heterocycles. The van der Waals surface area contributed by atoms with E-state index in [1.807, 2.05) is 0 Å². The Balaban J connectivity index is 1.69. The van der Waals surface area contributed by atoms with E-state index in [1.54, 1.807) is 37.5 Å². The Bertz CT molecular complexity index is 1070. The lowest BCUT2D eigenvalue weighted by Gasteiger charge is -2.12. The number of amides is 3. The molecule has 0 radical (unpaired) electrons. The van der Waals surface area contributed by atoms with E-state index >= 15 is 0 Å². The number of carbonyl (C=O) groups excluding carboxylic acids is 4. The van der Waals surface area contributed by atoms with Gasteiger partial charge in [0.2, 0.25) is 11.8 Å². The first-order chi connectivity index (χ1) is 16.2. The fourth-order valence-corrected chi connectivity index (χ4v) is 2.48. The predicted octanol–water partition coefficient (Wildman–Crippen LogP) is 1.79. The summed E-state index contributed by atoms with van der Waals surface area (Å²) in [6.45, 7) is 0.214. The number of hydrogen-bond donors (Lipinski definition) is 3. The molecule has 0 aliphatic rings. The molecule has 34 heavy (non-hydrogen) atoms. The molecule has 9 nitrogen and oxygen atoms in total. The van der Waals surface area contributed by atoms with E-state index in [-0.39, 0.29) is 5.69 Å². The smallest absolute Gasteiger partial charge is 0.328 e. The Morgan fingerprint density at radius 3 is 2.35 bits per heavy atom. The number of anilines is 1. The Labute approximate surface area is 194 Å². The van der Waals surface area contributed by atoms with E-state index in [9.17, 15) is 28.0 Å². The van der Waals surface area contributed by atoms with Gasteiger partial charge in [0, 0.05) is 17.8 Å². The first kappa shape index (κ1) is 26.0. The average molecular weight is 475 g/mol. The van der Waals surface area contributed by atoms with E-state index in [1.165, 1.54) is 13.0 Å². The van der Waals surface area contributed by atoms with Crippen LogP contribution >= 0.6 is 0 Å². The van der Waals surface area contributed by atoms with Crippen molar-refractivity contribution in [3.8, 4) is 5.75 Å². The molecule has 0 saturated heterocycles. The van der Waals surface area contributed by atoms with Gasteiger partial charge in [0.1, 0.15) is 11.8 Å². The van der Waals surface area contributed by atoms with E-state index in [2.05, 4.69) is 16.0 Å². The highest BCUT2D eigenvalue weighted by Crippen LogP contribution is 2.13. The third kappa shape index (κ3) is 8.69. The highest BCUT2D eigenvalue weighted by molar-refractivity contribution is 5.96. The van der Waals surface area contributed by atoms with Crippen molar-refractivity contribution in [2.24, 2.45) is 0 Å². The van der Waals surface area contributed by atoms with Crippen molar-refractivity contribution in [1.29, 1.82) is 0 Å². The van der Waals surface area contributed by atoms with Crippen molar-refractivity contribution < 1.29 is 37.4 Å². The monoisotopic (exact) mass is 475 g/mol. The maximum Gasteiger partial charge on any atom is 0.328 e. The van der Waals surface area contributed by atoms with E-state index < -0.39 is 54.5 Å². The van der Waals surface area contributed by atoms with Gasteiger partial charge in [-0.2, -0.15) is 0 Å². The topological polar surface area (TPSA) is 123 Å². The zero-order valence-corrected chi connectivity index (χ0v) is 18.4. The van der Waals surface area contributed by atoms with Crippen LogP contribution in [0.5, 0.6) is 5.75 Å². The fourth-order valence-electron chi connectivity index (χ4n) is 2.48. The summed E-state index contributed by atoms with van der Waals surface area (Å²) in [5, 5.41) is 6.88. The van der Waals surface area contributed by atoms with Crippen molar-refractivity contribution >= 4 is 35.5 Å². The van der Waals surface area contributed by atoms with Crippen LogP contribution in [0.2, 0.25) is 0 Å². The second-order valence-corrected chi connectivity index (χ2v) is 6.90. The summed E-state index contributed by atoms with van der Waals surface area (Å²) in [4.78, 5) is 47.5. The van der Waals surface area contributed by atoms with E-state index in [0.29, 0.717) is 5.75 Å². The number of ether oxygens (including phenoxy) is 2. The number of rotatable bonds is 10. The van der Waals surface area contributed by atoms with Crippen LogP contribution in [0.4, 0.5) is 14.5 Å². The molecule has 0 spiro atoms. The normalized spacial score (nSPS) is 11.4. The quantitative estimate of drug-likeness (QED) is 0.356. The number of hydrogen-bond acceptors (Lipinski definition) is 6. The minimum atomic E-state index is -1.13. The zero-order valence-electron chi connectivity index (χ0n) is 18.4. The van der Waals surface area contributed by atoms with Crippen molar-refractivity contribution in [1.82, 2.24) is 10.6 Å². The minimum absolute atomic E-state index is 0.00943. The van der Waals surface area contributed by atoms with Gasteiger partial charge in [0.15, 0.2) is 18.2 Å². The molecule has 2 aromatic carbocycles. The Morgan fingerprint density at radius 2 is 1.71 bits per heavy atom. The molecule has 0 fully saturated rings. The van der Waals surface area contributed by atoms with Gasteiger partial charge in [0.25, 0.3) is 5.91 Å². The average Bonchev–Trinajstić information content (AvgIpc) is 2.82. The van der Waals surface area contributed by atoms with E-state index in [0.717, 1.165) is 23.8 Å². The molecule has 0 saturated carbocycles. The molecule has 0 aliphatic heterocycles. The molecule has 1 atom stereocenters. The SMILES string of the molecule is COc1ccc(/C=C/C(=O)N[C@@H](C)C(=O)OCC(=O)NCC(=O)Nc2ccc(F)c(F)c2)cc1. The molecule has 0 bridgehead atoms. The maximum atomic E-state index is 13.1. The number of benzene rings is 2. The lowest BCUT2D eigenvalue weighted by molar-refractivity contribution is -0.151. The highest BCUT2D eigenvalue weighted by Gasteiger charge is 2.17. The summed E-state index contributed by atoms with van der Waals surface area (Å²) < 4.78 is 35.9. The van der Waals surface area contributed by atoms with Crippen LogP contribution in [0.15, 0.2) is 48.5 Å². The summed E-state index contributed by atoms with van der Waals surface area (Å²) in [7, 11) is 1.54. The molecular weight excluding hydrogens is 452 g/mol. The van der Waals surface area contributed by atoms with Gasteiger partial charge >= 0.3 is 5.97 Å². The van der Waals surface area contributed by atoms with Crippen LogP contribution in [-0.4, -0.2) is 50.0 Å². The molecule has 3 N–H and O–H groups in total. The van der Waals surface area contributed by atoms with Gasteiger partial charge in [-0.25, -0.2) is 13.6 Å². The third-order valence-electron chi connectivity index (χ3n) is 4.25. The first-order valence-corrected chi connectivity index (χ1v) is 9.99. The lowest BCUT2D eigenvalue weighted by atomic mass is 10.2. The minimum Gasteiger partial charge on any atom is -0.497 e. The lowest BCUT2D eigenvalue weighted by Crippen LogP contribution is -2.41. The number of nitrogens with one attached hydrogen (secondary N) is 3. The maximum absolute atomic E-state index is 13.1. The summed E-state index contributed by atoms with van der Waals surface area (Å²) in [5.41, 5.74) is 0.756. The Kier molecular flexibility index (Phi) is 9.69. The second-order valence-electron chi connectivity index (χ2n) is 6.90. The van der Waals surface area contributed by atoms with Crippen molar-refractivity contribution in [2.45, 2.75) is 13.0 Å². The number of carbonyl (C=O) groups is 4. The molecule has 180 valence electrons. The first-order valence-electron chi connectivity index (χ1n) is 9.99. The summed E-state index contributed by atoms with van der Waals surface area (Å²) in [6, 6.07) is 8.72. The van der Waals surface area contributed by atoms with Gasteiger partial charge in [-0.1, -0.05) is 12.1 Å². The zero-order chi connectivity index (χ0) is 25.1. The number of methoxy groups -OCH3 is 1. The number of halogens is 2. The summed E-state index contributed by atoms with van der Waals surface area (Å²) in [6.07, 6.45) is 2.79. The van der Waals surface area contributed by atoms with Crippen LogP contribution in [-0.2, 0) is 23.9 Å². The van der Waals surface area contributed by atoms with Crippen LogP contribution in [0.25, 0.3) is 6.08 Å². The van der Waals surface area contributed by atoms with Crippen LogP contribution in [0.1, 0.15) is 12.5 Å². The largest absolute Gasteiger partial charge is 0.497 e. The van der Waals surface area contributed by atoms with Crippen LogP contribution in [0.3, 0.4) is 0 Å². The fraction of sp³-hybridized carbons (Fsp3) is 0.217. The van der Waals surface area contributed by atoms with E-state index in [4.69, 9.17) is 9.47 Å². The van der Waals surface area contributed by atoms with Crippen LogP contribution < -0.4 is 20.7 Å². The van der Waals surface area contributed by atoms with Crippen molar-refractivity contribution in [3.63, 3.8) is 0 Å². The third-order valence-corrected chi connectivity index (χ3v) is 4.25. The molecule has 2 aromatic rings. The molecular formula is C23H23F2N3O6.